The molecule has 0 amide bonds. The summed E-state index contributed by atoms with van der Waals surface area (Å²) in [5, 5.41) is 0. The van der Waals surface area contributed by atoms with Crippen LogP contribution in [-0.2, 0) is 0 Å². The van der Waals surface area contributed by atoms with Gasteiger partial charge in [-0.2, -0.15) is 0 Å². The van der Waals surface area contributed by atoms with E-state index >= 15 is 0 Å². The molecule has 0 radical (unpaired) electrons. The molecule has 0 bridgehead atoms. The summed E-state index contributed by atoms with van der Waals surface area (Å²) < 4.78 is 2.44. The van der Waals surface area contributed by atoms with E-state index in [2.05, 4.69) is 17.5 Å². The van der Waals surface area contributed by atoms with Crippen molar-refractivity contribution < 1.29 is 0 Å². The molecule has 0 N–H and O–H groups in total. The van der Waals surface area contributed by atoms with E-state index < -0.39 is 0 Å². The molecule has 1 saturated heterocycles. The van der Waals surface area contributed by atoms with Gasteiger partial charge in [-0.05, 0) is 25.0 Å². The Balaban J connectivity index is 0. The van der Waals surface area contributed by atoms with E-state index in [0.29, 0.717) is 0 Å². The first-order chi connectivity index (χ1) is 6.33. The third-order valence-corrected chi connectivity index (χ3v) is 2.88. The van der Waals surface area contributed by atoms with Crippen molar-refractivity contribution in [3.8, 4) is 0 Å². The van der Waals surface area contributed by atoms with Gasteiger partial charge in [0.1, 0.15) is 0 Å². The summed E-state index contributed by atoms with van der Waals surface area (Å²) in [5.41, 5.74) is 0. The molecule has 1 aliphatic rings. The van der Waals surface area contributed by atoms with Crippen molar-refractivity contribution in [2.75, 3.05) is 19.3 Å². The van der Waals surface area contributed by atoms with Crippen LogP contribution in [-0.4, -0.2) is 23.7 Å². The van der Waals surface area contributed by atoms with Crippen LogP contribution in [0.25, 0.3) is 0 Å². The van der Waals surface area contributed by atoms with E-state index in [0.717, 1.165) is 5.92 Å². The Morgan fingerprint density at radius 1 is 1.00 bits per heavy atom. The summed E-state index contributed by atoms with van der Waals surface area (Å²) >= 11 is 1.88. The predicted octanol–water partition coefficient (Wildman–Crippen LogP) is 4.05. The summed E-state index contributed by atoms with van der Waals surface area (Å²) in [6.45, 7) is 12.9. The summed E-state index contributed by atoms with van der Waals surface area (Å²) in [7, 11) is 0. The Labute approximate surface area is 89.4 Å². The van der Waals surface area contributed by atoms with Crippen LogP contribution < -0.4 is 0 Å². The highest BCUT2D eigenvalue weighted by molar-refractivity contribution is 7.96. The summed E-state index contributed by atoms with van der Waals surface area (Å²) in [5.74, 6) is 0.966. The molecule has 2 heteroatoms. The van der Waals surface area contributed by atoms with E-state index in [1.54, 1.807) is 0 Å². The van der Waals surface area contributed by atoms with E-state index in [1.165, 1.54) is 25.9 Å². The molecule has 1 aliphatic heterocycles. The van der Waals surface area contributed by atoms with Crippen molar-refractivity contribution in [1.82, 2.24) is 4.31 Å². The molecule has 82 valence electrons. The second kappa shape index (κ2) is 12.3. The third-order valence-electron chi connectivity index (χ3n) is 2.00. The van der Waals surface area contributed by atoms with Gasteiger partial charge in [-0.15, -0.1) is 0 Å². The van der Waals surface area contributed by atoms with Crippen molar-refractivity contribution in [1.29, 1.82) is 0 Å². The first-order valence-electron chi connectivity index (χ1n) is 5.62. The second-order valence-electron chi connectivity index (χ2n) is 2.79. The van der Waals surface area contributed by atoms with Gasteiger partial charge in [-0.3, -0.25) is 4.31 Å². The fraction of sp³-hybridized carbons (Fsp3) is 1.00. The molecule has 0 aliphatic carbocycles. The fourth-order valence-corrected chi connectivity index (χ4v) is 1.74. The van der Waals surface area contributed by atoms with Crippen molar-refractivity contribution in [3.63, 3.8) is 0 Å². The molecule has 1 nitrogen and oxygen atoms in total. The fourth-order valence-electron chi connectivity index (χ4n) is 1.17. The van der Waals surface area contributed by atoms with Gasteiger partial charge in [0.05, 0.1) is 0 Å². The van der Waals surface area contributed by atoms with Crippen LogP contribution in [0.1, 0.15) is 47.5 Å². The average Bonchev–Trinajstić information content (AvgIpc) is 2.25. The zero-order valence-corrected chi connectivity index (χ0v) is 11.1. The van der Waals surface area contributed by atoms with Crippen LogP contribution in [0, 0.1) is 5.92 Å². The van der Waals surface area contributed by atoms with E-state index in [9.17, 15) is 0 Å². The number of hydrogen-bond donors (Lipinski definition) is 0. The van der Waals surface area contributed by atoms with Crippen molar-refractivity contribution >= 4 is 11.9 Å². The monoisotopic (exact) mass is 205 g/mol. The zero-order chi connectivity index (χ0) is 10.7. The second-order valence-corrected chi connectivity index (χ2v) is 3.68. The topological polar surface area (TPSA) is 3.24 Å². The highest BCUT2D eigenvalue weighted by Gasteiger charge is 2.13. The van der Waals surface area contributed by atoms with Gasteiger partial charge in [-0.1, -0.05) is 46.6 Å². The molecule has 0 spiro atoms. The number of hydrogen-bond acceptors (Lipinski definition) is 2. The van der Waals surface area contributed by atoms with Crippen LogP contribution in [0.3, 0.4) is 0 Å². The van der Waals surface area contributed by atoms with Crippen LogP contribution >= 0.6 is 11.9 Å². The van der Waals surface area contributed by atoms with Gasteiger partial charge in [0.15, 0.2) is 0 Å². The Bertz CT molecular complexity index is 78.2. The Kier molecular flexibility index (Phi) is 14.9. The summed E-state index contributed by atoms with van der Waals surface area (Å²) in [6.07, 6.45) is 4.94. The zero-order valence-electron chi connectivity index (χ0n) is 10.3. The highest BCUT2D eigenvalue weighted by atomic mass is 32.2. The smallest absolute Gasteiger partial charge is 0.00917 e. The first-order valence-corrected chi connectivity index (χ1v) is 6.80. The maximum Gasteiger partial charge on any atom is 0.00917 e. The lowest BCUT2D eigenvalue weighted by atomic mass is 10.0. The minimum Gasteiger partial charge on any atom is -0.251 e. The molecular weight excluding hydrogens is 178 g/mol. The quantitative estimate of drug-likeness (QED) is 0.594. The van der Waals surface area contributed by atoms with Crippen LogP contribution in [0.5, 0.6) is 0 Å². The van der Waals surface area contributed by atoms with E-state index in [-0.39, 0.29) is 0 Å². The molecule has 1 heterocycles. The minimum absolute atomic E-state index is 0.966. The first kappa shape index (κ1) is 15.8. The van der Waals surface area contributed by atoms with Gasteiger partial charge in [0.2, 0.25) is 0 Å². The largest absolute Gasteiger partial charge is 0.251 e. The van der Waals surface area contributed by atoms with Gasteiger partial charge in [0, 0.05) is 13.1 Å². The standard InChI is InChI=1S/C7H15NS.2C2H6/c1-7-3-5-8(9-2)6-4-7;2*1-2/h7H,3-6H2,1-2H3;2*1-2H3. The summed E-state index contributed by atoms with van der Waals surface area (Å²) in [4.78, 5) is 0. The van der Waals surface area contributed by atoms with Crippen LogP contribution in [0.2, 0.25) is 0 Å². The van der Waals surface area contributed by atoms with Crippen LogP contribution in [0.15, 0.2) is 0 Å². The normalized spacial score (nSPS) is 18.0. The van der Waals surface area contributed by atoms with Crippen molar-refractivity contribution in [2.24, 2.45) is 5.92 Å². The van der Waals surface area contributed by atoms with Gasteiger partial charge in [0.25, 0.3) is 0 Å². The predicted molar refractivity (Wildman–Crippen MR) is 66.2 cm³/mol. The molecule has 0 aromatic heterocycles. The third kappa shape index (κ3) is 8.63. The lowest BCUT2D eigenvalue weighted by Crippen LogP contribution is -2.26. The molecule has 0 atom stereocenters. The maximum absolute atomic E-state index is 2.44. The molecule has 0 aromatic rings. The lowest BCUT2D eigenvalue weighted by molar-refractivity contribution is 0.309. The Morgan fingerprint density at radius 2 is 1.38 bits per heavy atom. The average molecular weight is 205 g/mol. The molecule has 1 fully saturated rings. The molecule has 13 heavy (non-hydrogen) atoms. The maximum atomic E-state index is 2.44. The molecule has 0 unspecified atom stereocenters. The van der Waals surface area contributed by atoms with Crippen molar-refractivity contribution in [2.45, 2.75) is 47.5 Å². The summed E-state index contributed by atoms with van der Waals surface area (Å²) in [6, 6.07) is 0. The molecular formula is C11H27NS. The van der Waals surface area contributed by atoms with E-state index in [4.69, 9.17) is 0 Å². The minimum atomic E-state index is 0.966. The highest BCUT2D eigenvalue weighted by Crippen LogP contribution is 2.19. The van der Waals surface area contributed by atoms with Gasteiger partial charge in [-0.25, -0.2) is 0 Å². The van der Waals surface area contributed by atoms with Crippen LogP contribution in [0.4, 0.5) is 0 Å². The lowest BCUT2D eigenvalue weighted by Gasteiger charge is -2.27. The molecule has 0 saturated carbocycles. The van der Waals surface area contributed by atoms with Gasteiger partial charge < -0.3 is 0 Å². The van der Waals surface area contributed by atoms with E-state index in [1.807, 2.05) is 39.6 Å². The molecule has 0 aromatic carbocycles. The Hall–Kier alpha value is 0.310. The molecule has 1 rings (SSSR count). The number of rotatable bonds is 1. The SMILES string of the molecule is CC.CC.CSN1CCC(C)CC1. The number of piperidine rings is 1. The number of nitrogens with zero attached hydrogens (tertiary/aromatic N) is 1. The van der Waals surface area contributed by atoms with Crippen molar-refractivity contribution in [3.05, 3.63) is 0 Å². The van der Waals surface area contributed by atoms with Gasteiger partial charge >= 0.3 is 0 Å². The Morgan fingerprint density at radius 3 is 1.69 bits per heavy atom.